The molecule has 3 rings (SSSR count). The molecule has 2 aromatic heterocycles. The van der Waals surface area contributed by atoms with Crippen molar-refractivity contribution in [3.05, 3.63) is 25.3 Å². The predicted octanol–water partition coefficient (Wildman–Crippen LogP) is -0.375. The fourth-order valence-electron chi connectivity index (χ4n) is 2.97. The van der Waals surface area contributed by atoms with Crippen LogP contribution in [0, 0.1) is 0 Å². The molecule has 3 heterocycles. The maximum absolute atomic E-state index is 10.5. The van der Waals surface area contributed by atoms with E-state index in [2.05, 4.69) is 31.6 Å². The molecule has 5 atom stereocenters. The van der Waals surface area contributed by atoms with Crippen LogP contribution in [0.5, 0.6) is 0 Å². The number of hydrogen-bond donors (Lipinski definition) is 4. The van der Waals surface area contributed by atoms with Crippen LogP contribution in [0.1, 0.15) is 12.6 Å². The SMILES string of the molecule is C=CCNc1ncnc2c1ncn2[C@@H]1O[C@H](CSCC[C@H](N)OC=O)C(O)[C@@H]1O. The van der Waals surface area contributed by atoms with Crippen LogP contribution in [-0.4, -0.2) is 78.8 Å². The summed E-state index contributed by atoms with van der Waals surface area (Å²) in [6.45, 7) is 4.49. The number of fused-ring (bicyclic) bond motifs is 1. The molecule has 1 unspecified atom stereocenters. The minimum Gasteiger partial charge on any atom is -0.449 e. The second-order valence-electron chi connectivity index (χ2n) is 6.40. The Morgan fingerprint density at radius 3 is 3.00 bits per heavy atom. The molecule has 0 radical (unpaired) electrons. The molecule has 0 aromatic carbocycles. The van der Waals surface area contributed by atoms with Gasteiger partial charge in [0.1, 0.15) is 18.5 Å². The van der Waals surface area contributed by atoms with Gasteiger partial charge in [-0.25, -0.2) is 15.0 Å². The molecule has 0 aliphatic carbocycles. The number of thioether (sulfide) groups is 1. The van der Waals surface area contributed by atoms with Crippen molar-refractivity contribution in [3.63, 3.8) is 0 Å². The largest absolute Gasteiger partial charge is 0.449 e. The highest BCUT2D eigenvalue weighted by atomic mass is 32.2. The Morgan fingerprint density at radius 1 is 1.41 bits per heavy atom. The third kappa shape index (κ3) is 4.85. The minimum absolute atomic E-state index is 0.317. The molecular weight excluding hydrogens is 400 g/mol. The molecule has 29 heavy (non-hydrogen) atoms. The molecule has 0 amide bonds. The highest BCUT2D eigenvalue weighted by Gasteiger charge is 2.44. The fraction of sp³-hybridized carbons (Fsp3) is 0.529. The molecule has 1 fully saturated rings. The summed E-state index contributed by atoms with van der Waals surface area (Å²) in [7, 11) is 0. The zero-order valence-electron chi connectivity index (χ0n) is 15.6. The predicted molar refractivity (Wildman–Crippen MR) is 107 cm³/mol. The number of ether oxygens (including phenoxy) is 2. The number of hydrogen-bond acceptors (Lipinski definition) is 11. The van der Waals surface area contributed by atoms with E-state index >= 15 is 0 Å². The molecule has 1 aliphatic heterocycles. The van der Waals surface area contributed by atoms with E-state index in [4.69, 9.17) is 10.5 Å². The molecule has 12 heteroatoms. The van der Waals surface area contributed by atoms with Crippen LogP contribution in [0.3, 0.4) is 0 Å². The molecule has 11 nitrogen and oxygen atoms in total. The number of rotatable bonds is 11. The van der Waals surface area contributed by atoms with Crippen molar-refractivity contribution in [1.82, 2.24) is 19.5 Å². The summed E-state index contributed by atoms with van der Waals surface area (Å²) in [5, 5.41) is 24.0. The van der Waals surface area contributed by atoms with Gasteiger partial charge in [-0.05, 0) is 5.75 Å². The maximum Gasteiger partial charge on any atom is 0.294 e. The van der Waals surface area contributed by atoms with E-state index in [1.807, 2.05) is 0 Å². The summed E-state index contributed by atoms with van der Waals surface area (Å²) < 4.78 is 12.1. The van der Waals surface area contributed by atoms with E-state index in [0.29, 0.717) is 47.9 Å². The quantitative estimate of drug-likeness (QED) is 0.161. The average Bonchev–Trinajstić information content (AvgIpc) is 3.26. The maximum atomic E-state index is 10.5. The van der Waals surface area contributed by atoms with Crippen molar-refractivity contribution in [1.29, 1.82) is 0 Å². The van der Waals surface area contributed by atoms with Crippen LogP contribution in [-0.2, 0) is 14.3 Å². The average molecular weight is 424 g/mol. The van der Waals surface area contributed by atoms with Crippen molar-refractivity contribution < 1.29 is 24.5 Å². The lowest BCUT2D eigenvalue weighted by molar-refractivity contribution is -0.133. The number of aliphatic hydroxyl groups is 2. The van der Waals surface area contributed by atoms with Crippen LogP contribution in [0.25, 0.3) is 11.2 Å². The first-order valence-electron chi connectivity index (χ1n) is 9.03. The first-order valence-corrected chi connectivity index (χ1v) is 10.2. The topological polar surface area (TPSA) is 158 Å². The van der Waals surface area contributed by atoms with Gasteiger partial charge >= 0.3 is 0 Å². The zero-order valence-corrected chi connectivity index (χ0v) is 16.4. The molecule has 1 saturated heterocycles. The zero-order chi connectivity index (χ0) is 20.8. The summed E-state index contributed by atoms with van der Waals surface area (Å²) in [4.78, 5) is 23.0. The smallest absolute Gasteiger partial charge is 0.294 e. The first-order chi connectivity index (χ1) is 14.1. The first kappa shape index (κ1) is 21.5. The Hall–Kier alpha value is -2.25. The van der Waals surface area contributed by atoms with Crippen LogP contribution < -0.4 is 11.1 Å². The van der Waals surface area contributed by atoms with Crippen molar-refractivity contribution in [2.75, 3.05) is 23.4 Å². The van der Waals surface area contributed by atoms with E-state index in [0.717, 1.165) is 0 Å². The fourth-order valence-corrected chi connectivity index (χ4v) is 4.05. The van der Waals surface area contributed by atoms with Crippen molar-refractivity contribution in [3.8, 4) is 0 Å². The highest BCUT2D eigenvalue weighted by Crippen LogP contribution is 2.33. The second kappa shape index (κ2) is 9.98. The Kier molecular flexibility index (Phi) is 7.39. The Labute approximate surface area is 171 Å². The molecule has 0 spiro atoms. The summed E-state index contributed by atoms with van der Waals surface area (Å²) >= 11 is 1.48. The van der Waals surface area contributed by atoms with Crippen molar-refractivity contribution >= 4 is 35.2 Å². The van der Waals surface area contributed by atoms with Gasteiger partial charge in [-0.15, -0.1) is 6.58 Å². The third-order valence-electron chi connectivity index (χ3n) is 4.44. The van der Waals surface area contributed by atoms with Crippen molar-refractivity contribution in [2.24, 2.45) is 5.73 Å². The molecule has 158 valence electrons. The number of nitrogens with two attached hydrogens (primary N) is 1. The molecule has 2 aromatic rings. The third-order valence-corrected chi connectivity index (χ3v) is 5.53. The van der Waals surface area contributed by atoms with E-state index in [9.17, 15) is 15.0 Å². The van der Waals surface area contributed by atoms with Gasteiger partial charge < -0.3 is 25.0 Å². The Morgan fingerprint density at radius 2 is 2.24 bits per heavy atom. The van der Waals surface area contributed by atoms with Crippen LogP contribution in [0.4, 0.5) is 5.82 Å². The summed E-state index contributed by atoms with van der Waals surface area (Å²) in [5.74, 6) is 1.60. The number of nitrogens with zero attached hydrogens (tertiary/aromatic N) is 4. The van der Waals surface area contributed by atoms with Gasteiger partial charge in [-0.2, -0.15) is 11.8 Å². The number of nitrogens with one attached hydrogen (secondary N) is 1. The lowest BCUT2D eigenvalue weighted by Gasteiger charge is -2.16. The van der Waals surface area contributed by atoms with Crippen LogP contribution >= 0.6 is 11.8 Å². The second-order valence-corrected chi connectivity index (χ2v) is 7.55. The van der Waals surface area contributed by atoms with E-state index < -0.39 is 30.8 Å². The number of carbonyl (C=O) groups is 1. The van der Waals surface area contributed by atoms with Gasteiger partial charge in [-0.3, -0.25) is 15.1 Å². The van der Waals surface area contributed by atoms with Gasteiger partial charge in [-0.1, -0.05) is 6.08 Å². The summed E-state index contributed by atoms with van der Waals surface area (Å²) in [6.07, 6.45) is 0.792. The lowest BCUT2D eigenvalue weighted by Crippen LogP contribution is -2.32. The standard InChI is InChI=1S/C17H24N6O5S/c1-2-4-19-15-12-16(21-7-20-15)23(8-22-12)17-14(26)13(25)10(28-17)6-29-5-3-11(18)27-9-24/h2,7-11,13-14,17,25-26H,1,3-6,18H2,(H,19,20,21)/t10-,11-,13?,14+,17-/m1/s1. The number of aliphatic hydroxyl groups excluding tert-OH is 2. The molecule has 5 N–H and O–H groups in total. The Balaban J connectivity index is 1.65. The number of imidazole rings is 1. The van der Waals surface area contributed by atoms with Gasteiger partial charge in [0.25, 0.3) is 6.47 Å². The molecular formula is C17H24N6O5S. The van der Waals surface area contributed by atoms with Crippen molar-refractivity contribution in [2.45, 2.75) is 37.2 Å². The van der Waals surface area contributed by atoms with E-state index in [1.165, 1.54) is 24.4 Å². The monoisotopic (exact) mass is 424 g/mol. The van der Waals surface area contributed by atoms with E-state index in [1.54, 1.807) is 10.6 Å². The molecule has 1 aliphatic rings. The summed E-state index contributed by atoms with van der Waals surface area (Å²) in [5.41, 5.74) is 6.60. The molecule has 0 saturated carbocycles. The Bertz CT molecular complexity index is 836. The van der Waals surface area contributed by atoms with Gasteiger partial charge in [0.05, 0.1) is 12.4 Å². The van der Waals surface area contributed by atoms with E-state index in [-0.39, 0.29) is 0 Å². The van der Waals surface area contributed by atoms with Crippen LogP contribution in [0.2, 0.25) is 0 Å². The van der Waals surface area contributed by atoms with Crippen LogP contribution in [0.15, 0.2) is 25.3 Å². The number of carbonyl (C=O) groups excluding carboxylic acids is 1. The van der Waals surface area contributed by atoms with Gasteiger partial charge in [0.2, 0.25) is 0 Å². The lowest BCUT2D eigenvalue weighted by atomic mass is 10.1. The van der Waals surface area contributed by atoms with Gasteiger partial charge in [0.15, 0.2) is 29.4 Å². The number of aromatic nitrogens is 4. The minimum atomic E-state index is -1.14. The van der Waals surface area contributed by atoms with Gasteiger partial charge in [0, 0.05) is 18.7 Å². The number of anilines is 1. The normalized spacial score (nSPS) is 25.1. The highest BCUT2D eigenvalue weighted by molar-refractivity contribution is 7.99. The summed E-state index contributed by atoms with van der Waals surface area (Å²) in [6, 6.07) is 0. The molecule has 0 bridgehead atoms.